The van der Waals surface area contributed by atoms with Gasteiger partial charge in [-0.25, -0.2) is 4.79 Å². The number of rotatable bonds is 7. The van der Waals surface area contributed by atoms with Crippen LogP contribution in [0.1, 0.15) is 19.8 Å². The first-order valence-corrected chi connectivity index (χ1v) is 7.29. The Morgan fingerprint density at radius 1 is 1.19 bits per heavy atom. The van der Waals surface area contributed by atoms with E-state index in [1.165, 1.54) is 0 Å². The van der Waals surface area contributed by atoms with Gasteiger partial charge < -0.3 is 15.4 Å². The number of carbonyl (C=O) groups is 1. The van der Waals surface area contributed by atoms with Crippen LogP contribution in [0, 0.1) is 0 Å². The van der Waals surface area contributed by atoms with Crippen molar-refractivity contribution in [1.82, 2.24) is 15.6 Å². The Kier molecular flexibility index (Phi) is 5.82. The number of benzene rings is 1. The third-order valence-corrected chi connectivity index (χ3v) is 3.06. The number of nitrogens with zero attached hydrogens (tertiary/aromatic N) is 1. The average Bonchev–Trinajstić information content (AvgIpc) is 2.52. The summed E-state index contributed by atoms with van der Waals surface area (Å²) in [5.41, 5.74) is 0.840. The van der Waals surface area contributed by atoms with Crippen LogP contribution in [0.2, 0.25) is 0 Å². The predicted octanol–water partition coefficient (Wildman–Crippen LogP) is 2.71. The Balaban J connectivity index is 1.76. The molecule has 0 atom stereocenters. The number of urea groups is 1. The van der Waals surface area contributed by atoms with Gasteiger partial charge in [0.25, 0.3) is 0 Å². The normalized spacial score (nSPS) is 10.3. The Morgan fingerprint density at radius 2 is 2.00 bits per heavy atom. The fourth-order valence-electron chi connectivity index (χ4n) is 1.96. The molecule has 0 fully saturated rings. The average molecular weight is 287 g/mol. The molecule has 0 bridgehead atoms. The molecular formula is C16H21N3O2. The van der Waals surface area contributed by atoms with Crippen LogP contribution in [0.3, 0.4) is 0 Å². The number of amides is 2. The molecule has 1 heterocycles. The molecule has 5 nitrogen and oxygen atoms in total. The zero-order chi connectivity index (χ0) is 14.9. The van der Waals surface area contributed by atoms with Gasteiger partial charge in [0.05, 0.1) is 6.54 Å². The van der Waals surface area contributed by atoms with Gasteiger partial charge >= 0.3 is 6.03 Å². The highest BCUT2D eigenvalue weighted by atomic mass is 16.5. The van der Waals surface area contributed by atoms with Crippen molar-refractivity contribution in [2.24, 2.45) is 0 Å². The predicted molar refractivity (Wildman–Crippen MR) is 83.5 cm³/mol. The van der Waals surface area contributed by atoms with Gasteiger partial charge in [0.1, 0.15) is 17.9 Å². The molecule has 0 unspecified atom stereocenters. The molecule has 1 aromatic carbocycles. The largest absolute Gasteiger partial charge is 0.489 e. The van der Waals surface area contributed by atoms with Crippen LogP contribution in [-0.2, 0) is 0 Å². The van der Waals surface area contributed by atoms with Gasteiger partial charge in [-0.1, -0.05) is 31.5 Å². The Bertz CT molecular complexity index is 581. The van der Waals surface area contributed by atoms with E-state index in [2.05, 4.69) is 22.5 Å². The third-order valence-electron chi connectivity index (χ3n) is 3.06. The fraction of sp³-hybridized carbons (Fsp3) is 0.375. The summed E-state index contributed by atoms with van der Waals surface area (Å²) in [5.74, 6) is 0.737. The first-order chi connectivity index (χ1) is 10.3. The van der Waals surface area contributed by atoms with Crippen LogP contribution in [0.25, 0.3) is 10.9 Å². The van der Waals surface area contributed by atoms with Crippen molar-refractivity contribution in [3.05, 3.63) is 36.5 Å². The molecule has 0 aliphatic carbocycles. The third kappa shape index (κ3) is 4.63. The maximum atomic E-state index is 11.5. The van der Waals surface area contributed by atoms with E-state index in [9.17, 15) is 4.79 Å². The SMILES string of the molecule is CCCCNC(=O)NCCOc1cccc2cccnc12. The number of fused-ring (bicyclic) bond motifs is 1. The molecule has 21 heavy (non-hydrogen) atoms. The number of ether oxygens (including phenoxy) is 1. The van der Waals surface area contributed by atoms with Gasteiger partial charge in [-0.15, -0.1) is 0 Å². The molecule has 0 spiro atoms. The lowest BCUT2D eigenvalue weighted by Gasteiger charge is -2.10. The van der Waals surface area contributed by atoms with E-state index >= 15 is 0 Å². The molecule has 2 N–H and O–H groups in total. The Hall–Kier alpha value is -2.30. The Morgan fingerprint density at radius 3 is 2.86 bits per heavy atom. The molecular weight excluding hydrogens is 266 g/mol. The highest BCUT2D eigenvalue weighted by molar-refractivity contribution is 5.84. The summed E-state index contributed by atoms with van der Waals surface area (Å²) in [5, 5.41) is 6.60. The summed E-state index contributed by atoms with van der Waals surface area (Å²) in [6, 6.07) is 9.56. The molecule has 1 aromatic heterocycles. The van der Waals surface area contributed by atoms with Crippen LogP contribution >= 0.6 is 0 Å². The first kappa shape index (κ1) is 15.1. The summed E-state index contributed by atoms with van der Waals surface area (Å²) < 4.78 is 5.69. The van der Waals surface area contributed by atoms with Crippen molar-refractivity contribution in [3.8, 4) is 5.75 Å². The van der Waals surface area contributed by atoms with Gasteiger partial charge in [-0.3, -0.25) is 4.98 Å². The van der Waals surface area contributed by atoms with Crippen molar-refractivity contribution < 1.29 is 9.53 Å². The van der Waals surface area contributed by atoms with Gasteiger partial charge in [0.2, 0.25) is 0 Å². The molecule has 2 amide bonds. The smallest absolute Gasteiger partial charge is 0.314 e. The maximum absolute atomic E-state index is 11.5. The number of nitrogens with one attached hydrogen (secondary N) is 2. The molecule has 112 valence electrons. The second-order valence-electron chi connectivity index (χ2n) is 4.72. The second kappa shape index (κ2) is 8.09. The number of hydrogen-bond donors (Lipinski definition) is 2. The number of pyridine rings is 1. The highest BCUT2D eigenvalue weighted by Gasteiger charge is 2.03. The number of para-hydroxylation sites is 1. The topological polar surface area (TPSA) is 63.2 Å². The molecule has 0 saturated heterocycles. The van der Waals surface area contributed by atoms with Gasteiger partial charge in [-0.2, -0.15) is 0 Å². The molecule has 2 rings (SSSR count). The lowest BCUT2D eigenvalue weighted by Crippen LogP contribution is -2.38. The van der Waals surface area contributed by atoms with E-state index in [-0.39, 0.29) is 6.03 Å². The molecule has 0 aliphatic heterocycles. The van der Waals surface area contributed by atoms with Crippen molar-refractivity contribution >= 4 is 16.9 Å². The summed E-state index contributed by atoms with van der Waals surface area (Å²) in [4.78, 5) is 15.8. The molecule has 0 saturated carbocycles. The van der Waals surface area contributed by atoms with E-state index in [0.717, 1.165) is 29.5 Å². The lowest BCUT2D eigenvalue weighted by molar-refractivity contribution is 0.236. The van der Waals surface area contributed by atoms with Gasteiger partial charge in [0, 0.05) is 18.1 Å². The quantitative estimate of drug-likeness (QED) is 0.770. The number of carbonyl (C=O) groups excluding carboxylic acids is 1. The number of hydrogen-bond acceptors (Lipinski definition) is 3. The summed E-state index contributed by atoms with van der Waals surface area (Å²) >= 11 is 0. The van der Waals surface area contributed by atoms with Crippen LogP contribution in [0.5, 0.6) is 5.75 Å². The Labute approximate surface area is 124 Å². The molecule has 0 radical (unpaired) electrons. The molecule has 5 heteroatoms. The fourth-order valence-corrected chi connectivity index (χ4v) is 1.96. The first-order valence-electron chi connectivity index (χ1n) is 7.29. The second-order valence-corrected chi connectivity index (χ2v) is 4.72. The van der Waals surface area contributed by atoms with Crippen molar-refractivity contribution in [3.63, 3.8) is 0 Å². The monoisotopic (exact) mass is 287 g/mol. The number of aromatic nitrogens is 1. The van der Waals surface area contributed by atoms with E-state index in [0.29, 0.717) is 19.7 Å². The zero-order valence-corrected chi connectivity index (χ0v) is 12.3. The van der Waals surface area contributed by atoms with Gasteiger partial charge in [0.15, 0.2) is 0 Å². The van der Waals surface area contributed by atoms with Crippen LogP contribution in [0.4, 0.5) is 4.79 Å². The van der Waals surface area contributed by atoms with Crippen LogP contribution < -0.4 is 15.4 Å². The van der Waals surface area contributed by atoms with E-state index in [1.807, 2.05) is 30.3 Å². The lowest BCUT2D eigenvalue weighted by atomic mass is 10.2. The summed E-state index contributed by atoms with van der Waals surface area (Å²) in [7, 11) is 0. The van der Waals surface area contributed by atoms with E-state index in [1.54, 1.807) is 6.20 Å². The standard InChI is InChI=1S/C16H21N3O2/c1-2-3-9-18-16(20)19-11-12-21-14-8-4-6-13-7-5-10-17-15(13)14/h4-8,10H,2-3,9,11-12H2,1H3,(H2,18,19,20). The molecule has 2 aromatic rings. The van der Waals surface area contributed by atoms with Crippen LogP contribution in [-0.4, -0.2) is 30.7 Å². The van der Waals surface area contributed by atoms with Crippen molar-refractivity contribution in [1.29, 1.82) is 0 Å². The zero-order valence-electron chi connectivity index (χ0n) is 12.3. The van der Waals surface area contributed by atoms with Crippen LogP contribution in [0.15, 0.2) is 36.5 Å². The van der Waals surface area contributed by atoms with Crippen molar-refractivity contribution in [2.45, 2.75) is 19.8 Å². The number of unbranched alkanes of at least 4 members (excludes halogenated alkanes) is 1. The maximum Gasteiger partial charge on any atom is 0.314 e. The molecule has 0 aliphatic rings. The minimum Gasteiger partial charge on any atom is -0.489 e. The minimum atomic E-state index is -0.150. The minimum absolute atomic E-state index is 0.150. The van der Waals surface area contributed by atoms with Gasteiger partial charge in [-0.05, 0) is 18.6 Å². The highest BCUT2D eigenvalue weighted by Crippen LogP contribution is 2.22. The van der Waals surface area contributed by atoms with Crippen molar-refractivity contribution in [2.75, 3.05) is 19.7 Å². The van der Waals surface area contributed by atoms with E-state index < -0.39 is 0 Å². The summed E-state index contributed by atoms with van der Waals surface area (Å²) in [6.07, 6.45) is 3.80. The summed E-state index contributed by atoms with van der Waals surface area (Å²) in [6.45, 7) is 3.67. The van der Waals surface area contributed by atoms with E-state index in [4.69, 9.17) is 4.74 Å².